The summed E-state index contributed by atoms with van der Waals surface area (Å²) in [6.07, 6.45) is 1.48. The highest BCUT2D eigenvalue weighted by atomic mass is 16.6. The Bertz CT molecular complexity index is 539. The van der Waals surface area contributed by atoms with Crippen molar-refractivity contribution in [3.05, 3.63) is 46.3 Å². The molecule has 0 spiro atoms. The fourth-order valence-corrected chi connectivity index (χ4v) is 1.48. The van der Waals surface area contributed by atoms with E-state index in [-0.39, 0.29) is 5.69 Å². The highest BCUT2D eigenvalue weighted by molar-refractivity contribution is 5.63. The van der Waals surface area contributed by atoms with Gasteiger partial charge >= 0.3 is 0 Å². The van der Waals surface area contributed by atoms with E-state index in [0.717, 1.165) is 5.69 Å². The molecule has 0 saturated heterocycles. The molecule has 0 aliphatic heterocycles. The van der Waals surface area contributed by atoms with Crippen molar-refractivity contribution in [1.82, 2.24) is 5.16 Å². The molecule has 1 heterocycles. The second kappa shape index (κ2) is 5.17. The van der Waals surface area contributed by atoms with Crippen molar-refractivity contribution in [1.29, 1.82) is 0 Å². The van der Waals surface area contributed by atoms with Gasteiger partial charge in [0.25, 0.3) is 5.69 Å². The van der Waals surface area contributed by atoms with Gasteiger partial charge in [-0.1, -0.05) is 5.16 Å². The summed E-state index contributed by atoms with van der Waals surface area (Å²) < 4.78 is 4.70. The van der Waals surface area contributed by atoms with Gasteiger partial charge < -0.3 is 15.2 Å². The zero-order valence-corrected chi connectivity index (χ0v) is 9.71. The van der Waals surface area contributed by atoms with Crippen LogP contribution in [-0.4, -0.2) is 17.1 Å². The Morgan fingerprint density at radius 3 is 2.78 bits per heavy atom. The van der Waals surface area contributed by atoms with E-state index in [1.807, 2.05) is 0 Å². The van der Waals surface area contributed by atoms with Gasteiger partial charge in [-0.3, -0.25) is 10.1 Å². The predicted molar refractivity (Wildman–Crippen MR) is 66.5 cm³/mol. The van der Waals surface area contributed by atoms with E-state index < -0.39 is 4.92 Å². The quantitative estimate of drug-likeness (QED) is 0.622. The first kappa shape index (κ1) is 11.9. The van der Waals surface area contributed by atoms with Crippen LogP contribution in [0.3, 0.4) is 0 Å². The van der Waals surface area contributed by atoms with Crippen molar-refractivity contribution in [3.63, 3.8) is 0 Å². The molecule has 0 amide bonds. The summed E-state index contributed by atoms with van der Waals surface area (Å²) in [6, 6.07) is 6.46. The molecule has 0 aliphatic rings. The lowest BCUT2D eigenvalue weighted by Crippen LogP contribution is -2.01. The number of nitrogens with zero attached hydrogens (tertiary/aromatic N) is 2. The van der Waals surface area contributed by atoms with Gasteiger partial charge in [0, 0.05) is 36.6 Å². The Labute approximate surface area is 103 Å². The molecular formula is C11H12N4O3. The molecule has 0 fully saturated rings. The van der Waals surface area contributed by atoms with Crippen LogP contribution >= 0.6 is 0 Å². The van der Waals surface area contributed by atoms with Gasteiger partial charge in [0.05, 0.1) is 11.5 Å². The molecule has 7 nitrogen and oxygen atoms in total. The average Bonchev–Trinajstić information content (AvgIpc) is 2.89. The minimum absolute atomic E-state index is 0.0319. The maximum Gasteiger partial charge on any atom is 0.273 e. The summed E-state index contributed by atoms with van der Waals surface area (Å²) in [5, 5.41) is 20.4. The Morgan fingerprint density at radius 1 is 1.39 bits per heavy atom. The molecule has 0 radical (unpaired) electrons. The monoisotopic (exact) mass is 248 g/mol. The van der Waals surface area contributed by atoms with E-state index >= 15 is 0 Å². The lowest BCUT2D eigenvalue weighted by Gasteiger charge is -2.07. The number of rotatable bonds is 5. The van der Waals surface area contributed by atoms with E-state index in [1.165, 1.54) is 18.4 Å². The summed E-state index contributed by atoms with van der Waals surface area (Å²) in [7, 11) is 1.71. The molecule has 0 bridgehead atoms. The van der Waals surface area contributed by atoms with Crippen LogP contribution in [0.1, 0.15) is 5.69 Å². The lowest BCUT2D eigenvalue weighted by atomic mass is 10.2. The van der Waals surface area contributed by atoms with Crippen LogP contribution in [0, 0.1) is 10.1 Å². The van der Waals surface area contributed by atoms with Crippen LogP contribution in [-0.2, 0) is 6.54 Å². The van der Waals surface area contributed by atoms with E-state index in [0.29, 0.717) is 17.9 Å². The first-order valence-corrected chi connectivity index (χ1v) is 5.29. The number of aromatic nitrogens is 1. The van der Waals surface area contributed by atoms with E-state index in [1.54, 1.807) is 19.2 Å². The summed E-state index contributed by atoms with van der Waals surface area (Å²) in [5.41, 5.74) is 2.08. The van der Waals surface area contributed by atoms with Crippen molar-refractivity contribution in [2.45, 2.75) is 6.54 Å². The molecule has 7 heteroatoms. The minimum Gasteiger partial charge on any atom is -0.388 e. The maximum absolute atomic E-state index is 10.8. The van der Waals surface area contributed by atoms with Crippen molar-refractivity contribution in [2.75, 3.05) is 17.7 Å². The van der Waals surface area contributed by atoms with Crippen LogP contribution < -0.4 is 10.6 Å². The Hall–Kier alpha value is -2.57. The first-order chi connectivity index (χ1) is 8.69. The van der Waals surface area contributed by atoms with Crippen molar-refractivity contribution < 1.29 is 9.45 Å². The maximum atomic E-state index is 10.8. The second-order valence-electron chi connectivity index (χ2n) is 3.62. The topological polar surface area (TPSA) is 93.2 Å². The number of nitro benzene ring substituents is 1. The SMILES string of the molecule is CNc1cc(NCc2ccon2)cc([N+](=O)[O-])c1. The number of benzene rings is 1. The number of non-ortho nitro benzene ring substituents is 1. The number of hydrogen-bond acceptors (Lipinski definition) is 6. The normalized spacial score (nSPS) is 10.1. The van der Waals surface area contributed by atoms with E-state index in [2.05, 4.69) is 15.8 Å². The van der Waals surface area contributed by atoms with Gasteiger partial charge in [-0.2, -0.15) is 0 Å². The minimum atomic E-state index is -0.428. The third-order valence-corrected chi connectivity index (χ3v) is 2.38. The van der Waals surface area contributed by atoms with Gasteiger partial charge in [-0.05, 0) is 6.07 Å². The zero-order chi connectivity index (χ0) is 13.0. The third kappa shape index (κ3) is 2.76. The van der Waals surface area contributed by atoms with Crippen molar-refractivity contribution in [2.24, 2.45) is 0 Å². The highest BCUT2D eigenvalue weighted by Crippen LogP contribution is 2.24. The molecule has 18 heavy (non-hydrogen) atoms. The van der Waals surface area contributed by atoms with Crippen LogP contribution in [0.15, 0.2) is 35.1 Å². The standard InChI is InChI=1S/C11H12N4O3/c1-12-9-4-10(6-11(5-9)15(16)17)13-7-8-2-3-18-14-8/h2-6,12-13H,7H2,1H3. The third-order valence-electron chi connectivity index (χ3n) is 2.38. The lowest BCUT2D eigenvalue weighted by molar-refractivity contribution is -0.384. The highest BCUT2D eigenvalue weighted by Gasteiger charge is 2.09. The molecule has 94 valence electrons. The molecule has 1 aromatic heterocycles. The van der Waals surface area contributed by atoms with Gasteiger partial charge in [0.15, 0.2) is 0 Å². The number of anilines is 2. The molecule has 1 aromatic carbocycles. The Kier molecular flexibility index (Phi) is 3.42. The van der Waals surface area contributed by atoms with Gasteiger partial charge in [0.1, 0.15) is 12.0 Å². The van der Waals surface area contributed by atoms with Crippen molar-refractivity contribution in [3.8, 4) is 0 Å². The summed E-state index contributed by atoms with van der Waals surface area (Å²) in [5.74, 6) is 0. The molecule has 0 saturated carbocycles. The second-order valence-corrected chi connectivity index (χ2v) is 3.62. The molecular weight excluding hydrogens is 236 g/mol. The van der Waals surface area contributed by atoms with Crippen LogP contribution in [0.25, 0.3) is 0 Å². The summed E-state index contributed by atoms with van der Waals surface area (Å²) in [6.45, 7) is 0.445. The van der Waals surface area contributed by atoms with Crippen LogP contribution in [0.2, 0.25) is 0 Å². The van der Waals surface area contributed by atoms with Gasteiger partial charge in [0.2, 0.25) is 0 Å². The first-order valence-electron chi connectivity index (χ1n) is 5.29. The molecule has 2 rings (SSSR count). The fraction of sp³-hybridized carbons (Fsp3) is 0.182. The van der Waals surface area contributed by atoms with Crippen molar-refractivity contribution >= 4 is 17.1 Å². The Balaban J connectivity index is 2.16. The Morgan fingerprint density at radius 2 is 2.17 bits per heavy atom. The molecule has 0 aliphatic carbocycles. The number of hydrogen-bond donors (Lipinski definition) is 2. The van der Waals surface area contributed by atoms with Gasteiger partial charge in [-0.15, -0.1) is 0 Å². The van der Waals surface area contributed by atoms with Crippen LogP contribution in [0.5, 0.6) is 0 Å². The average molecular weight is 248 g/mol. The van der Waals surface area contributed by atoms with E-state index in [9.17, 15) is 10.1 Å². The van der Waals surface area contributed by atoms with E-state index in [4.69, 9.17) is 4.52 Å². The summed E-state index contributed by atoms with van der Waals surface area (Å²) in [4.78, 5) is 10.3. The molecule has 2 aromatic rings. The predicted octanol–water partition coefficient (Wildman–Crippen LogP) is 2.24. The molecule has 0 atom stereocenters. The number of nitrogens with one attached hydrogen (secondary N) is 2. The molecule has 0 unspecified atom stereocenters. The largest absolute Gasteiger partial charge is 0.388 e. The molecule has 2 N–H and O–H groups in total. The number of nitro groups is 1. The zero-order valence-electron chi connectivity index (χ0n) is 9.71. The summed E-state index contributed by atoms with van der Waals surface area (Å²) >= 11 is 0. The smallest absolute Gasteiger partial charge is 0.273 e. The fourth-order valence-electron chi connectivity index (χ4n) is 1.48. The van der Waals surface area contributed by atoms with Crippen LogP contribution in [0.4, 0.5) is 17.1 Å². The van der Waals surface area contributed by atoms with Gasteiger partial charge in [-0.25, -0.2) is 0 Å².